The predicted octanol–water partition coefficient (Wildman–Crippen LogP) is 6.40. The van der Waals surface area contributed by atoms with E-state index >= 15 is 0 Å². The Balaban J connectivity index is 1.45. The van der Waals surface area contributed by atoms with Crippen molar-refractivity contribution in [3.8, 4) is 11.3 Å². The fourth-order valence-corrected chi connectivity index (χ4v) is 4.57. The largest absolute Gasteiger partial charge is 0.370 e. The summed E-state index contributed by atoms with van der Waals surface area (Å²) in [6, 6.07) is 12.3. The molecule has 3 N–H and O–H groups in total. The normalized spacial score (nSPS) is 12.1. The van der Waals surface area contributed by atoms with E-state index in [0.717, 1.165) is 65.8 Å². The van der Waals surface area contributed by atoms with Gasteiger partial charge in [0.1, 0.15) is 5.82 Å². The smallest absolute Gasteiger partial charge is 0.227 e. The number of anilines is 3. The first-order valence-electron chi connectivity index (χ1n) is 13.6. The maximum Gasteiger partial charge on any atom is 0.227 e. The zero-order valence-corrected chi connectivity index (χ0v) is 23.5. The topological polar surface area (TPSA) is 78.0 Å². The van der Waals surface area contributed by atoms with Gasteiger partial charge in [0.25, 0.3) is 0 Å². The molecule has 3 aromatic rings. The molecular formula is C29H42ClN7. The highest BCUT2D eigenvalue weighted by atomic mass is 35.5. The second-order valence-corrected chi connectivity index (χ2v) is 9.83. The molecule has 0 saturated carbocycles. The number of aryl methyl sites for hydroxylation is 1. The van der Waals surface area contributed by atoms with E-state index in [9.17, 15) is 0 Å². The van der Waals surface area contributed by atoms with Crippen LogP contribution in [0.25, 0.3) is 11.3 Å². The van der Waals surface area contributed by atoms with Crippen LogP contribution < -0.4 is 16.0 Å². The fraction of sp³-hybridized carbons (Fsp3) is 0.483. The van der Waals surface area contributed by atoms with Gasteiger partial charge in [-0.05, 0) is 94.2 Å². The van der Waals surface area contributed by atoms with Crippen molar-refractivity contribution >= 4 is 29.1 Å². The maximum absolute atomic E-state index is 6.24. The molecule has 0 aliphatic rings. The van der Waals surface area contributed by atoms with Crippen LogP contribution in [0.1, 0.15) is 52.5 Å². The summed E-state index contributed by atoms with van der Waals surface area (Å²) in [5.41, 5.74) is 3.77. The Morgan fingerprint density at radius 1 is 0.973 bits per heavy atom. The fourth-order valence-electron chi connectivity index (χ4n) is 4.31. The second-order valence-electron chi connectivity index (χ2n) is 9.42. The minimum atomic E-state index is 0.496. The van der Waals surface area contributed by atoms with Gasteiger partial charge in [-0.2, -0.15) is 0 Å². The molecule has 2 aromatic heterocycles. The average Bonchev–Trinajstić information content (AvgIpc) is 2.90. The molecule has 0 amide bonds. The van der Waals surface area contributed by atoms with E-state index in [2.05, 4.69) is 63.5 Å². The molecule has 37 heavy (non-hydrogen) atoms. The second kappa shape index (κ2) is 15.5. The Bertz CT molecular complexity index is 1070. The van der Waals surface area contributed by atoms with E-state index in [1.165, 1.54) is 25.9 Å². The summed E-state index contributed by atoms with van der Waals surface area (Å²) >= 11 is 6.24. The molecule has 8 heteroatoms. The molecule has 7 nitrogen and oxygen atoms in total. The van der Waals surface area contributed by atoms with Gasteiger partial charge in [-0.15, -0.1) is 0 Å². The molecule has 0 fully saturated rings. The molecule has 0 aliphatic carbocycles. The van der Waals surface area contributed by atoms with Crippen molar-refractivity contribution < 1.29 is 0 Å². The van der Waals surface area contributed by atoms with Gasteiger partial charge in [-0.3, -0.25) is 0 Å². The van der Waals surface area contributed by atoms with Crippen LogP contribution in [0.15, 0.2) is 48.8 Å². The Labute approximate surface area is 227 Å². The van der Waals surface area contributed by atoms with Crippen LogP contribution in [0.5, 0.6) is 0 Å². The third kappa shape index (κ3) is 9.58. The molecule has 0 saturated heterocycles. The van der Waals surface area contributed by atoms with Gasteiger partial charge < -0.3 is 20.9 Å². The third-order valence-electron chi connectivity index (χ3n) is 6.16. The SMILES string of the molecule is CCCN(CCC)CC(C)NCCCNc1ccc(-c2ccnc(Nc3ccc(Cl)c(CC)c3)n2)cn1. The summed E-state index contributed by atoms with van der Waals surface area (Å²) in [6.45, 7) is 14.2. The highest BCUT2D eigenvalue weighted by molar-refractivity contribution is 6.31. The summed E-state index contributed by atoms with van der Waals surface area (Å²) in [7, 11) is 0. The van der Waals surface area contributed by atoms with Crippen molar-refractivity contribution in [2.24, 2.45) is 0 Å². The Morgan fingerprint density at radius 3 is 2.49 bits per heavy atom. The van der Waals surface area contributed by atoms with E-state index in [-0.39, 0.29) is 0 Å². The molecule has 0 spiro atoms. The monoisotopic (exact) mass is 523 g/mol. The number of nitrogens with one attached hydrogen (secondary N) is 3. The third-order valence-corrected chi connectivity index (χ3v) is 6.53. The number of benzene rings is 1. The first-order valence-corrected chi connectivity index (χ1v) is 13.9. The summed E-state index contributed by atoms with van der Waals surface area (Å²) in [5.74, 6) is 1.41. The van der Waals surface area contributed by atoms with E-state index in [0.29, 0.717) is 12.0 Å². The van der Waals surface area contributed by atoms with Gasteiger partial charge in [0, 0.05) is 47.8 Å². The first-order chi connectivity index (χ1) is 18.0. The number of hydrogen-bond acceptors (Lipinski definition) is 7. The van der Waals surface area contributed by atoms with E-state index in [1.807, 2.05) is 42.6 Å². The Hall–Kier alpha value is -2.74. The molecule has 2 heterocycles. The van der Waals surface area contributed by atoms with Gasteiger partial charge in [-0.1, -0.05) is 32.4 Å². The maximum atomic E-state index is 6.24. The molecule has 0 radical (unpaired) electrons. The highest BCUT2D eigenvalue weighted by Crippen LogP contribution is 2.24. The van der Waals surface area contributed by atoms with Crippen molar-refractivity contribution in [1.29, 1.82) is 0 Å². The van der Waals surface area contributed by atoms with Gasteiger partial charge >= 0.3 is 0 Å². The first kappa shape index (κ1) is 28.8. The molecule has 1 unspecified atom stereocenters. The molecule has 3 rings (SSSR count). The summed E-state index contributed by atoms with van der Waals surface area (Å²) in [4.78, 5) is 16.2. The minimum Gasteiger partial charge on any atom is -0.370 e. The number of nitrogens with zero attached hydrogens (tertiary/aromatic N) is 4. The van der Waals surface area contributed by atoms with Crippen LogP contribution in [0.2, 0.25) is 5.02 Å². The number of rotatable bonds is 16. The number of halogens is 1. The lowest BCUT2D eigenvalue weighted by atomic mass is 10.1. The molecule has 1 aromatic carbocycles. The average molecular weight is 524 g/mol. The minimum absolute atomic E-state index is 0.496. The molecule has 0 bridgehead atoms. The lowest BCUT2D eigenvalue weighted by molar-refractivity contribution is 0.248. The van der Waals surface area contributed by atoms with Crippen molar-refractivity contribution in [2.45, 2.75) is 59.4 Å². The molecule has 200 valence electrons. The quantitative estimate of drug-likeness (QED) is 0.187. The van der Waals surface area contributed by atoms with Crippen LogP contribution in [0.4, 0.5) is 17.5 Å². The summed E-state index contributed by atoms with van der Waals surface area (Å²) in [6.07, 6.45) is 7.93. The zero-order valence-electron chi connectivity index (χ0n) is 22.7. The van der Waals surface area contributed by atoms with Crippen LogP contribution in [0.3, 0.4) is 0 Å². The number of pyridine rings is 1. The van der Waals surface area contributed by atoms with Crippen LogP contribution >= 0.6 is 11.6 Å². The Morgan fingerprint density at radius 2 is 1.78 bits per heavy atom. The van der Waals surface area contributed by atoms with Crippen molar-refractivity contribution in [1.82, 2.24) is 25.2 Å². The van der Waals surface area contributed by atoms with Crippen LogP contribution in [-0.2, 0) is 6.42 Å². The van der Waals surface area contributed by atoms with E-state index in [1.54, 1.807) is 6.20 Å². The van der Waals surface area contributed by atoms with Crippen molar-refractivity contribution in [2.75, 3.05) is 43.4 Å². The van der Waals surface area contributed by atoms with E-state index in [4.69, 9.17) is 11.6 Å². The van der Waals surface area contributed by atoms with Crippen LogP contribution in [0, 0.1) is 0 Å². The molecule has 0 aliphatic heterocycles. The van der Waals surface area contributed by atoms with Crippen molar-refractivity contribution in [3.63, 3.8) is 0 Å². The summed E-state index contributed by atoms with van der Waals surface area (Å²) in [5, 5.41) is 11.1. The molecule has 1 atom stereocenters. The molecular weight excluding hydrogens is 482 g/mol. The van der Waals surface area contributed by atoms with Gasteiger partial charge in [0.05, 0.1) is 5.69 Å². The highest BCUT2D eigenvalue weighted by Gasteiger charge is 2.09. The van der Waals surface area contributed by atoms with Gasteiger partial charge in [-0.25, -0.2) is 15.0 Å². The number of aromatic nitrogens is 3. The van der Waals surface area contributed by atoms with Crippen LogP contribution in [-0.4, -0.2) is 58.6 Å². The lowest BCUT2D eigenvalue weighted by Gasteiger charge is -2.25. The predicted molar refractivity (Wildman–Crippen MR) is 157 cm³/mol. The van der Waals surface area contributed by atoms with Crippen molar-refractivity contribution in [3.05, 3.63) is 59.4 Å². The summed E-state index contributed by atoms with van der Waals surface area (Å²) < 4.78 is 0. The standard InChI is InChI=1S/C29H42ClN7/c1-5-17-37(18-6-2)21-22(4)31-14-8-15-32-28-12-9-24(20-34-28)27-13-16-33-29(36-27)35-25-10-11-26(30)23(7-3)19-25/h9-13,16,19-20,22,31H,5-8,14-15,17-18,21H2,1-4H3,(H,32,34)(H,33,35,36). The van der Waals surface area contributed by atoms with E-state index < -0.39 is 0 Å². The van der Waals surface area contributed by atoms with Gasteiger partial charge in [0.2, 0.25) is 5.95 Å². The number of hydrogen-bond donors (Lipinski definition) is 3. The zero-order chi connectivity index (χ0) is 26.5. The van der Waals surface area contributed by atoms with Gasteiger partial charge in [0.15, 0.2) is 0 Å². The lowest BCUT2D eigenvalue weighted by Crippen LogP contribution is -2.40. The Kier molecular flexibility index (Phi) is 12.1.